The van der Waals surface area contributed by atoms with Crippen LogP contribution in [0, 0.1) is 13.8 Å². The van der Waals surface area contributed by atoms with Gasteiger partial charge in [0, 0.05) is 43.8 Å². The predicted octanol–water partition coefficient (Wildman–Crippen LogP) is 3.77. The zero-order valence-corrected chi connectivity index (χ0v) is 16.3. The third kappa shape index (κ3) is 4.01. The molecule has 2 aliphatic rings. The van der Waals surface area contributed by atoms with E-state index in [1.807, 2.05) is 6.07 Å². The first-order valence-electron chi connectivity index (χ1n) is 9.94. The van der Waals surface area contributed by atoms with Gasteiger partial charge in [0.15, 0.2) is 0 Å². The molecule has 2 aromatic rings. The minimum absolute atomic E-state index is 0.140. The Kier molecular flexibility index (Phi) is 4.92. The molecule has 0 radical (unpaired) electrons. The van der Waals surface area contributed by atoms with Crippen LogP contribution in [0.2, 0.25) is 0 Å². The Morgan fingerprint density at radius 1 is 1.07 bits per heavy atom. The molecule has 1 saturated heterocycles. The van der Waals surface area contributed by atoms with Crippen LogP contribution >= 0.6 is 0 Å². The lowest BCUT2D eigenvalue weighted by Crippen LogP contribution is -2.52. The van der Waals surface area contributed by atoms with Crippen LogP contribution in [0.3, 0.4) is 0 Å². The van der Waals surface area contributed by atoms with E-state index in [9.17, 15) is 4.79 Å². The van der Waals surface area contributed by atoms with Crippen LogP contribution in [0.15, 0.2) is 42.5 Å². The summed E-state index contributed by atoms with van der Waals surface area (Å²) in [6.07, 6.45) is 2.53. The van der Waals surface area contributed by atoms with Crippen LogP contribution in [0.5, 0.6) is 0 Å². The smallest absolute Gasteiger partial charge is 0.222 e. The topological polar surface area (TPSA) is 44.4 Å². The Morgan fingerprint density at radius 2 is 1.85 bits per heavy atom. The van der Waals surface area contributed by atoms with Gasteiger partial charge in [0.1, 0.15) is 0 Å². The number of nitrogens with zero attached hydrogens (tertiary/aromatic N) is 1. The molecule has 1 spiro atoms. The molecule has 0 saturated carbocycles. The highest BCUT2D eigenvalue weighted by Gasteiger charge is 2.37. The van der Waals surface area contributed by atoms with Gasteiger partial charge < -0.3 is 10.6 Å². The van der Waals surface area contributed by atoms with E-state index in [0.717, 1.165) is 32.5 Å². The van der Waals surface area contributed by atoms with E-state index >= 15 is 0 Å². The van der Waals surface area contributed by atoms with Gasteiger partial charge in [0.25, 0.3) is 0 Å². The number of carbonyl (C=O) groups excluding carboxylic acids is 1. The highest BCUT2D eigenvalue weighted by Crippen LogP contribution is 2.33. The number of hydrogen-bond acceptors (Lipinski definition) is 3. The Bertz CT molecular complexity index is 837. The van der Waals surface area contributed by atoms with Gasteiger partial charge in [-0.05, 0) is 49.4 Å². The Balaban J connectivity index is 1.48. The van der Waals surface area contributed by atoms with Crippen molar-refractivity contribution in [2.24, 2.45) is 0 Å². The van der Waals surface area contributed by atoms with Crippen molar-refractivity contribution in [3.8, 4) is 0 Å². The largest absolute Gasteiger partial charge is 0.379 e. The van der Waals surface area contributed by atoms with Crippen molar-refractivity contribution < 1.29 is 4.79 Å². The van der Waals surface area contributed by atoms with Crippen LogP contribution < -0.4 is 10.6 Å². The van der Waals surface area contributed by atoms with E-state index in [4.69, 9.17) is 0 Å². The summed E-state index contributed by atoms with van der Waals surface area (Å²) in [6, 6.07) is 15.0. The molecule has 1 fully saturated rings. The second-order valence-electron chi connectivity index (χ2n) is 8.22. The molecule has 2 heterocycles. The Labute approximate surface area is 162 Å². The van der Waals surface area contributed by atoms with Gasteiger partial charge in [-0.1, -0.05) is 42.0 Å². The first kappa shape index (κ1) is 18.1. The minimum atomic E-state index is -0.140. The SMILES string of the molecule is Cc1ccc(C)c(CN2CCC3(CC2)CC(=O)NCc2ccccc2N3)c1. The maximum atomic E-state index is 12.4. The molecule has 0 bridgehead atoms. The number of amides is 1. The molecule has 0 aromatic heterocycles. The molecular formula is C23H29N3O. The van der Waals surface area contributed by atoms with Crippen molar-refractivity contribution in [3.05, 3.63) is 64.7 Å². The fourth-order valence-corrected chi connectivity index (χ4v) is 4.34. The fourth-order valence-electron chi connectivity index (χ4n) is 4.34. The van der Waals surface area contributed by atoms with Crippen LogP contribution in [-0.2, 0) is 17.9 Å². The molecular weight excluding hydrogens is 334 g/mol. The number of fused-ring (bicyclic) bond motifs is 1. The highest BCUT2D eigenvalue weighted by atomic mass is 16.1. The summed E-state index contributed by atoms with van der Waals surface area (Å²) >= 11 is 0. The van der Waals surface area contributed by atoms with Crippen LogP contribution in [0.1, 0.15) is 41.5 Å². The van der Waals surface area contributed by atoms with E-state index in [1.54, 1.807) is 0 Å². The summed E-state index contributed by atoms with van der Waals surface area (Å²) in [5, 5.41) is 6.85. The number of nitrogens with one attached hydrogen (secondary N) is 2. The lowest BCUT2D eigenvalue weighted by atomic mass is 9.82. The first-order valence-corrected chi connectivity index (χ1v) is 9.94. The van der Waals surface area contributed by atoms with Crippen molar-refractivity contribution in [1.82, 2.24) is 10.2 Å². The zero-order valence-electron chi connectivity index (χ0n) is 16.3. The van der Waals surface area contributed by atoms with E-state index < -0.39 is 0 Å². The summed E-state index contributed by atoms with van der Waals surface area (Å²) < 4.78 is 0. The second kappa shape index (κ2) is 7.35. The molecule has 142 valence electrons. The van der Waals surface area contributed by atoms with Gasteiger partial charge in [-0.2, -0.15) is 0 Å². The van der Waals surface area contributed by atoms with Crippen molar-refractivity contribution in [2.75, 3.05) is 18.4 Å². The number of rotatable bonds is 2. The average Bonchev–Trinajstić information content (AvgIpc) is 2.65. The summed E-state index contributed by atoms with van der Waals surface area (Å²) in [5.41, 5.74) is 6.29. The maximum absolute atomic E-state index is 12.4. The third-order valence-electron chi connectivity index (χ3n) is 6.10. The van der Waals surface area contributed by atoms with E-state index in [0.29, 0.717) is 13.0 Å². The Hall–Kier alpha value is -2.33. The number of benzene rings is 2. The van der Waals surface area contributed by atoms with Crippen molar-refractivity contribution in [2.45, 2.75) is 51.7 Å². The molecule has 27 heavy (non-hydrogen) atoms. The first-order chi connectivity index (χ1) is 13.0. The predicted molar refractivity (Wildman–Crippen MR) is 110 cm³/mol. The molecule has 0 unspecified atom stereocenters. The molecule has 2 aromatic carbocycles. The van der Waals surface area contributed by atoms with Crippen molar-refractivity contribution in [3.63, 3.8) is 0 Å². The molecule has 2 N–H and O–H groups in total. The fraction of sp³-hybridized carbons (Fsp3) is 0.435. The van der Waals surface area contributed by atoms with Gasteiger partial charge in [-0.25, -0.2) is 0 Å². The number of piperidine rings is 1. The lowest BCUT2D eigenvalue weighted by Gasteiger charge is -2.44. The van der Waals surface area contributed by atoms with E-state index in [2.05, 4.69) is 65.8 Å². The number of anilines is 1. The van der Waals surface area contributed by atoms with Crippen molar-refractivity contribution in [1.29, 1.82) is 0 Å². The van der Waals surface area contributed by atoms with Gasteiger partial charge in [-0.3, -0.25) is 9.69 Å². The average molecular weight is 364 g/mol. The normalized spacial score (nSPS) is 19.6. The highest BCUT2D eigenvalue weighted by molar-refractivity contribution is 5.79. The van der Waals surface area contributed by atoms with Crippen LogP contribution in [0.4, 0.5) is 5.69 Å². The third-order valence-corrected chi connectivity index (χ3v) is 6.10. The zero-order chi connectivity index (χ0) is 18.9. The molecule has 2 aliphatic heterocycles. The number of carbonyl (C=O) groups is 1. The molecule has 4 heteroatoms. The monoisotopic (exact) mass is 363 g/mol. The van der Waals surface area contributed by atoms with E-state index in [1.165, 1.54) is 27.9 Å². The van der Waals surface area contributed by atoms with Gasteiger partial charge in [-0.15, -0.1) is 0 Å². The van der Waals surface area contributed by atoms with Gasteiger partial charge in [0.2, 0.25) is 5.91 Å². The summed E-state index contributed by atoms with van der Waals surface area (Å²) in [4.78, 5) is 14.9. The molecule has 4 nitrogen and oxygen atoms in total. The summed E-state index contributed by atoms with van der Waals surface area (Å²) in [7, 11) is 0. The van der Waals surface area contributed by atoms with E-state index in [-0.39, 0.29) is 11.4 Å². The quantitative estimate of drug-likeness (QED) is 0.854. The summed E-state index contributed by atoms with van der Waals surface area (Å²) in [6.45, 7) is 7.97. The number of hydrogen-bond donors (Lipinski definition) is 2. The van der Waals surface area contributed by atoms with Gasteiger partial charge in [0.05, 0.1) is 0 Å². The number of likely N-dealkylation sites (tertiary alicyclic amines) is 1. The second-order valence-corrected chi connectivity index (χ2v) is 8.22. The summed E-state index contributed by atoms with van der Waals surface area (Å²) in [5.74, 6) is 0.153. The molecule has 1 amide bonds. The van der Waals surface area contributed by atoms with Crippen LogP contribution in [-0.4, -0.2) is 29.4 Å². The maximum Gasteiger partial charge on any atom is 0.222 e. The lowest BCUT2D eigenvalue weighted by molar-refractivity contribution is -0.122. The number of aryl methyl sites for hydroxylation is 2. The molecule has 0 aliphatic carbocycles. The number of para-hydroxylation sites is 1. The van der Waals surface area contributed by atoms with Crippen molar-refractivity contribution >= 4 is 11.6 Å². The Morgan fingerprint density at radius 3 is 2.67 bits per heavy atom. The molecule has 4 rings (SSSR count). The standard InChI is InChI=1S/C23H29N3O/c1-17-7-8-18(2)20(13-17)16-26-11-9-23(10-12-26)14-22(27)24-15-19-5-3-4-6-21(19)25-23/h3-8,13,25H,9-12,14-16H2,1-2H3,(H,24,27). The molecule has 0 atom stereocenters. The van der Waals surface area contributed by atoms with Gasteiger partial charge >= 0.3 is 0 Å². The van der Waals surface area contributed by atoms with Crippen LogP contribution in [0.25, 0.3) is 0 Å². The minimum Gasteiger partial charge on any atom is -0.379 e.